The molecule has 0 saturated carbocycles. The van der Waals surface area contributed by atoms with Crippen molar-refractivity contribution < 1.29 is 9.59 Å². The van der Waals surface area contributed by atoms with Gasteiger partial charge in [0.15, 0.2) is 0 Å². The monoisotopic (exact) mass is 253 g/mol. The standard InChI is InChI=1S/C13H23N3O2/c1-2-15-12(17)10-4-7-16(8-5-10)13(18)11-3-6-14-9-11/h10-11,14H,2-9H2,1H3,(H,15,17). The summed E-state index contributed by atoms with van der Waals surface area (Å²) in [6.45, 7) is 5.85. The highest BCUT2D eigenvalue weighted by molar-refractivity contribution is 5.81. The minimum absolute atomic E-state index is 0.0932. The fraction of sp³-hybridized carbons (Fsp3) is 0.846. The Morgan fingerprint density at radius 1 is 1.22 bits per heavy atom. The first kappa shape index (κ1) is 13.3. The van der Waals surface area contributed by atoms with Crippen LogP contribution < -0.4 is 10.6 Å². The van der Waals surface area contributed by atoms with Gasteiger partial charge in [-0.05, 0) is 32.7 Å². The fourth-order valence-electron chi connectivity index (χ4n) is 2.80. The van der Waals surface area contributed by atoms with Crippen LogP contribution in [0.3, 0.4) is 0 Å². The molecule has 2 amide bonds. The van der Waals surface area contributed by atoms with Crippen LogP contribution in [0.15, 0.2) is 0 Å². The molecule has 2 saturated heterocycles. The molecule has 1 atom stereocenters. The molecule has 0 aromatic rings. The summed E-state index contributed by atoms with van der Waals surface area (Å²) in [5.41, 5.74) is 0. The van der Waals surface area contributed by atoms with Crippen molar-refractivity contribution in [2.24, 2.45) is 11.8 Å². The zero-order valence-corrected chi connectivity index (χ0v) is 11.1. The maximum Gasteiger partial charge on any atom is 0.227 e. The summed E-state index contributed by atoms with van der Waals surface area (Å²) in [6.07, 6.45) is 2.56. The van der Waals surface area contributed by atoms with Gasteiger partial charge in [-0.2, -0.15) is 0 Å². The molecule has 102 valence electrons. The Hall–Kier alpha value is -1.10. The van der Waals surface area contributed by atoms with Crippen LogP contribution in [-0.2, 0) is 9.59 Å². The van der Waals surface area contributed by atoms with Crippen molar-refractivity contribution in [1.82, 2.24) is 15.5 Å². The number of amides is 2. The maximum absolute atomic E-state index is 12.2. The predicted molar refractivity (Wildman–Crippen MR) is 69.0 cm³/mol. The quantitative estimate of drug-likeness (QED) is 0.742. The van der Waals surface area contributed by atoms with E-state index in [0.717, 1.165) is 45.4 Å². The third kappa shape index (κ3) is 3.02. The maximum atomic E-state index is 12.2. The highest BCUT2D eigenvalue weighted by atomic mass is 16.2. The Bertz CT molecular complexity index is 305. The summed E-state index contributed by atoms with van der Waals surface area (Å²) in [5, 5.41) is 6.09. The zero-order valence-electron chi connectivity index (χ0n) is 11.1. The highest BCUT2D eigenvalue weighted by Crippen LogP contribution is 2.20. The first-order valence-corrected chi connectivity index (χ1v) is 6.99. The molecule has 2 aliphatic heterocycles. The van der Waals surface area contributed by atoms with Crippen molar-refractivity contribution in [3.05, 3.63) is 0 Å². The molecule has 0 aromatic heterocycles. The van der Waals surface area contributed by atoms with Gasteiger partial charge in [-0.15, -0.1) is 0 Å². The molecular formula is C13H23N3O2. The number of nitrogens with zero attached hydrogens (tertiary/aromatic N) is 1. The molecule has 0 bridgehead atoms. The van der Waals surface area contributed by atoms with Gasteiger partial charge in [-0.3, -0.25) is 9.59 Å². The Morgan fingerprint density at radius 2 is 1.94 bits per heavy atom. The summed E-state index contributed by atoms with van der Waals surface area (Å²) in [4.78, 5) is 25.8. The molecule has 2 N–H and O–H groups in total. The van der Waals surface area contributed by atoms with Crippen molar-refractivity contribution in [1.29, 1.82) is 0 Å². The lowest BCUT2D eigenvalue weighted by Gasteiger charge is -2.32. The van der Waals surface area contributed by atoms with Crippen LogP contribution in [0.4, 0.5) is 0 Å². The van der Waals surface area contributed by atoms with Crippen LogP contribution in [0.5, 0.6) is 0 Å². The van der Waals surface area contributed by atoms with E-state index in [1.807, 2.05) is 11.8 Å². The average molecular weight is 253 g/mol. The van der Waals surface area contributed by atoms with E-state index < -0.39 is 0 Å². The van der Waals surface area contributed by atoms with Gasteiger partial charge in [0.05, 0.1) is 5.92 Å². The first-order valence-electron chi connectivity index (χ1n) is 6.99. The Kier molecular flexibility index (Phi) is 4.58. The Labute approximate surface area is 108 Å². The normalized spacial score (nSPS) is 25.2. The molecule has 5 heteroatoms. The Morgan fingerprint density at radius 3 is 2.50 bits per heavy atom. The van der Waals surface area contributed by atoms with E-state index in [0.29, 0.717) is 6.54 Å². The van der Waals surface area contributed by atoms with Crippen LogP contribution in [0.2, 0.25) is 0 Å². The zero-order chi connectivity index (χ0) is 13.0. The van der Waals surface area contributed by atoms with Gasteiger partial charge in [0.2, 0.25) is 11.8 Å². The van der Waals surface area contributed by atoms with Crippen molar-refractivity contribution >= 4 is 11.8 Å². The number of rotatable bonds is 3. The lowest BCUT2D eigenvalue weighted by molar-refractivity contribution is -0.138. The highest BCUT2D eigenvalue weighted by Gasteiger charge is 2.31. The molecule has 0 spiro atoms. The van der Waals surface area contributed by atoms with Crippen LogP contribution >= 0.6 is 0 Å². The summed E-state index contributed by atoms with van der Waals surface area (Å²) < 4.78 is 0. The second-order valence-electron chi connectivity index (χ2n) is 5.18. The van der Waals surface area contributed by atoms with Gasteiger partial charge in [-0.25, -0.2) is 0 Å². The fourth-order valence-corrected chi connectivity index (χ4v) is 2.80. The number of piperidine rings is 1. The average Bonchev–Trinajstić information content (AvgIpc) is 2.92. The molecule has 5 nitrogen and oxygen atoms in total. The van der Waals surface area contributed by atoms with Crippen molar-refractivity contribution in [2.75, 3.05) is 32.7 Å². The third-order valence-corrected chi connectivity index (χ3v) is 3.94. The summed E-state index contributed by atoms with van der Waals surface area (Å²) in [5.74, 6) is 0.670. The first-order chi connectivity index (χ1) is 8.72. The minimum atomic E-state index is 0.0932. The number of carbonyl (C=O) groups excluding carboxylic acids is 2. The SMILES string of the molecule is CCNC(=O)C1CCN(C(=O)C2CCNC2)CC1. The van der Waals surface area contributed by atoms with Crippen molar-refractivity contribution in [3.63, 3.8) is 0 Å². The smallest absolute Gasteiger partial charge is 0.227 e. The number of likely N-dealkylation sites (tertiary alicyclic amines) is 1. The van der Waals surface area contributed by atoms with E-state index in [2.05, 4.69) is 10.6 Å². The van der Waals surface area contributed by atoms with Gasteiger partial charge in [-0.1, -0.05) is 0 Å². The number of nitrogens with one attached hydrogen (secondary N) is 2. The minimum Gasteiger partial charge on any atom is -0.356 e. The Balaban J connectivity index is 1.79. The van der Waals surface area contributed by atoms with E-state index in [4.69, 9.17) is 0 Å². The van der Waals surface area contributed by atoms with Gasteiger partial charge in [0.25, 0.3) is 0 Å². The lowest BCUT2D eigenvalue weighted by Crippen LogP contribution is -2.45. The predicted octanol–water partition coefficient (Wildman–Crippen LogP) is -0.0294. The number of hydrogen-bond acceptors (Lipinski definition) is 3. The van der Waals surface area contributed by atoms with E-state index in [1.54, 1.807) is 0 Å². The number of hydrogen-bond donors (Lipinski definition) is 2. The van der Waals surface area contributed by atoms with Gasteiger partial charge in [0.1, 0.15) is 0 Å². The van der Waals surface area contributed by atoms with E-state index in [9.17, 15) is 9.59 Å². The van der Waals surface area contributed by atoms with Gasteiger partial charge in [0, 0.05) is 32.1 Å². The molecule has 1 unspecified atom stereocenters. The lowest BCUT2D eigenvalue weighted by atomic mass is 9.94. The summed E-state index contributed by atoms with van der Waals surface area (Å²) in [7, 11) is 0. The largest absolute Gasteiger partial charge is 0.356 e. The molecule has 0 radical (unpaired) electrons. The second-order valence-corrected chi connectivity index (χ2v) is 5.18. The molecule has 2 rings (SSSR count). The third-order valence-electron chi connectivity index (χ3n) is 3.94. The summed E-state index contributed by atoms with van der Waals surface area (Å²) >= 11 is 0. The van der Waals surface area contributed by atoms with E-state index in [1.165, 1.54) is 0 Å². The van der Waals surface area contributed by atoms with Crippen LogP contribution in [-0.4, -0.2) is 49.4 Å². The molecule has 0 aromatic carbocycles. The molecular weight excluding hydrogens is 230 g/mol. The molecule has 0 aliphatic carbocycles. The molecule has 2 fully saturated rings. The van der Waals surface area contributed by atoms with Crippen molar-refractivity contribution in [3.8, 4) is 0 Å². The molecule has 2 aliphatic rings. The summed E-state index contributed by atoms with van der Waals surface area (Å²) in [6, 6.07) is 0. The van der Waals surface area contributed by atoms with E-state index >= 15 is 0 Å². The van der Waals surface area contributed by atoms with Crippen LogP contribution in [0, 0.1) is 11.8 Å². The molecule has 18 heavy (non-hydrogen) atoms. The number of carbonyl (C=O) groups is 2. The van der Waals surface area contributed by atoms with Crippen molar-refractivity contribution in [2.45, 2.75) is 26.2 Å². The van der Waals surface area contributed by atoms with E-state index in [-0.39, 0.29) is 23.7 Å². The molecule has 2 heterocycles. The van der Waals surface area contributed by atoms with Crippen LogP contribution in [0.25, 0.3) is 0 Å². The van der Waals surface area contributed by atoms with Gasteiger partial charge < -0.3 is 15.5 Å². The van der Waals surface area contributed by atoms with Gasteiger partial charge >= 0.3 is 0 Å². The van der Waals surface area contributed by atoms with Crippen LogP contribution in [0.1, 0.15) is 26.2 Å². The topological polar surface area (TPSA) is 61.4 Å². The second kappa shape index (κ2) is 6.18.